The van der Waals surface area contributed by atoms with Crippen molar-refractivity contribution in [2.75, 3.05) is 0 Å². The van der Waals surface area contributed by atoms with Crippen LogP contribution in [0.2, 0.25) is 0 Å². The zero-order valence-electron chi connectivity index (χ0n) is 4.66. The molecule has 0 aliphatic carbocycles. The monoisotopic (exact) mass is 151 g/mol. The molecule has 5 N–H and O–H groups in total. The standard InChI is InChI=1S/CH5N5O4/c2-3-1(7)4-5-10-6(8)9/h5H,2H2,(H2,3,4,7). The van der Waals surface area contributed by atoms with E-state index in [1.165, 1.54) is 5.59 Å². The molecule has 0 aliphatic rings. The topological polar surface area (TPSA) is 132 Å². The molecule has 0 rings (SSSR count). The Bertz CT molecular complexity index is 134. The molecule has 10 heavy (non-hydrogen) atoms. The number of hydrogen-bond acceptors (Lipinski definition) is 6. The van der Waals surface area contributed by atoms with Crippen molar-refractivity contribution >= 4 is 6.03 Å². The maximum absolute atomic E-state index is 10.1. The molecule has 0 unspecified atom stereocenters. The summed E-state index contributed by atoms with van der Waals surface area (Å²) in [5.74, 6) is 4.56. The summed E-state index contributed by atoms with van der Waals surface area (Å²) in [7, 11) is 0. The van der Waals surface area contributed by atoms with Gasteiger partial charge in [-0.15, -0.1) is 10.1 Å². The third-order valence-corrected chi connectivity index (χ3v) is 0.416. The number of nitrogens with one attached hydrogen (secondary N) is 3. The lowest BCUT2D eigenvalue weighted by molar-refractivity contribution is -0.778. The molecule has 0 spiro atoms. The maximum Gasteiger partial charge on any atom is 0.344 e. The second kappa shape index (κ2) is 4.29. The first kappa shape index (κ1) is 8.39. The van der Waals surface area contributed by atoms with E-state index in [9.17, 15) is 14.9 Å². The van der Waals surface area contributed by atoms with Crippen LogP contribution in [0.3, 0.4) is 0 Å². The van der Waals surface area contributed by atoms with Gasteiger partial charge in [-0.2, -0.15) is 4.94 Å². The van der Waals surface area contributed by atoms with Gasteiger partial charge in [0.2, 0.25) is 0 Å². The number of carbonyl (C=O) groups excluding carboxylic acids is 1. The quantitative estimate of drug-likeness (QED) is 0.156. The van der Waals surface area contributed by atoms with Crippen LogP contribution in [0.1, 0.15) is 0 Å². The largest absolute Gasteiger partial charge is 0.344 e. The molecule has 0 aromatic carbocycles. The summed E-state index contributed by atoms with van der Waals surface area (Å²) >= 11 is 0. The minimum atomic E-state index is -1.14. The fourth-order valence-corrected chi connectivity index (χ4v) is 0.143. The summed E-state index contributed by atoms with van der Waals surface area (Å²) in [6.45, 7) is 0. The van der Waals surface area contributed by atoms with Crippen molar-refractivity contribution in [3.8, 4) is 0 Å². The van der Waals surface area contributed by atoms with E-state index in [2.05, 4.69) is 10.8 Å². The Morgan fingerprint density at radius 1 is 1.70 bits per heavy atom. The minimum Gasteiger partial charge on any atom is -0.275 e. The Balaban J connectivity index is 3.20. The van der Waals surface area contributed by atoms with Gasteiger partial charge in [-0.25, -0.2) is 16.1 Å². The highest BCUT2D eigenvalue weighted by Gasteiger charge is 1.95. The van der Waals surface area contributed by atoms with Crippen LogP contribution in [0.5, 0.6) is 0 Å². The van der Waals surface area contributed by atoms with Crippen LogP contribution in [-0.4, -0.2) is 11.1 Å². The van der Waals surface area contributed by atoms with Crippen LogP contribution in [0, 0.1) is 10.1 Å². The fraction of sp³-hybridized carbons (Fsp3) is 0. The van der Waals surface area contributed by atoms with Gasteiger partial charge in [0.1, 0.15) is 0 Å². The van der Waals surface area contributed by atoms with E-state index < -0.39 is 11.1 Å². The summed E-state index contributed by atoms with van der Waals surface area (Å²) in [5.41, 5.74) is 4.79. The van der Waals surface area contributed by atoms with Crippen molar-refractivity contribution < 1.29 is 14.8 Å². The van der Waals surface area contributed by atoms with Gasteiger partial charge in [0.25, 0.3) is 0 Å². The number of rotatable bonds is 3. The summed E-state index contributed by atoms with van der Waals surface area (Å²) in [6.07, 6.45) is 0. The van der Waals surface area contributed by atoms with Crippen molar-refractivity contribution in [2.24, 2.45) is 5.84 Å². The minimum absolute atomic E-state index is 0.859. The molecule has 9 heteroatoms. The van der Waals surface area contributed by atoms with Crippen molar-refractivity contribution in [2.45, 2.75) is 0 Å². The Kier molecular flexibility index (Phi) is 3.60. The Morgan fingerprint density at radius 2 is 2.30 bits per heavy atom. The Morgan fingerprint density at radius 3 is 2.70 bits per heavy atom. The normalized spacial score (nSPS) is 8.10. The van der Waals surface area contributed by atoms with Gasteiger partial charge in [-0.05, 0) is 0 Å². The summed E-state index contributed by atoms with van der Waals surface area (Å²) in [6, 6.07) is -0.859. The van der Waals surface area contributed by atoms with Gasteiger partial charge in [-0.3, -0.25) is 5.43 Å². The second-order valence-electron chi connectivity index (χ2n) is 1.02. The third kappa shape index (κ3) is 4.55. The van der Waals surface area contributed by atoms with Gasteiger partial charge >= 0.3 is 11.1 Å². The van der Waals surface area contributed by atoms with E-state index in [0.717, 1.165) is 0 Å². The molecule has 0 aromatic heterocycles. The first-order valence-electron chi connectivity index (χ1n) is 1.99. The first-order valence-corrected chi connectivity index (χ1v) is 1.99. The smallest absolute Gasteiger partial charge is 0.275 e. The Hall–Kier alpha value is -1.61. The maximum atomic E-state index is 10.1. The molecule has 2 amide bonds. The number of carbonyl (C=O) groups is 1. The lowest BCUT2D eigenvalue weighted by Gasteiger charge is -2.01. The van der Waals surface area contributed by atoms with Crippen LogP contribution in [0.25, 0.3) is 0 Å². The van der Waals surface area contributed by atoms with Gasteiger partial charge in [-0.1, -0.05) is 5.59 Å². The zero-order chi connectivity index (χ0) is 7.98. The van der Waals surface area contributed by atoms with Crippen LogP contribution < -0.4 is 22.3 Å². The molecule has 0 saturated heterocycles. The van der Waals surface area contributed by atoms with Gasteiger partial charge in [0.15, 0.2) is 0 Å². The van der Waals surface area contributed by atoms with Gasteiger partial charge < -0.3 is 0 Å². The summed E-state index contributed by atoms with van der Waals surface area (Å²) in [5, 5.41) is 8.24. The first-order chi connectivity index (χ1) is 4.66. The van der Waals surface area contributed by atoms with E-state index in [1.807, 2.05) is 0 Å². The van der Waals surface area contributed by atoms with Crippen LogP contribution in [0.15, 0.2) is 0 Å². The molecule has 58 valence electrons. The SMILES string of the molecule is NNC(=O)NNO[N+](=O)[O-]. The zero-order valence-corrected chi connectivity index (χ0v) is 4.66. The van der Waals surface area contributed by atoms with Crippen LogP contribution in [0.4, 0.5) is 4.79 Å². The summed E-state index contributed by atoms with van der Waals surface area (Å²) in [4.78, 5) is 22.9. The molecule has 0 heterocycles. The Labute approximate surface area is 54.5 Å². The average Bonchev–Trinajstić information content (AvgIpc) is 1.87. The number of amides is 2. The van der Waals surface area contributed by atoms with Gasteiger partial charge in [0.05, 0.1) is 0 Å². The van der Waals surface area contributed by atoms with Crippen LogP contribution in [-0.2, 0) is 4.94 Å². The van der Waals surface area contributed by atoms with Crippen molar-refractivity contribution in [1.82, 2.24) is 16.4 Å². The highest BCUT2D eigenvalue weighted by Crippen LogP contribution is 1.61. The predicted octanol–water partition coefficient (Wildman–Crippen LogP) is -2.21. The van der Waals surface area contributed by atoms with E-state index >= 15 is 0 Å². The molecule has 0 aliphatic heterocycles. The average molecular weight is 151 g/mol. The lowest BCUT2D eigenvalue weighted by atomic mass is 11.1. The molecule has 0 radical (unpaired) electrons. The number of hydrazine groups is 2. The third-order valence-electron chi connectivity index (χ3n) is 0.416. The number of urea groups is 1. The highest BCUT2D eigenvalue weighted by molar-refractivity contribution is 5.72. The van der Waals surface area contributed by atoms with Crippen molar-refractivity contribution in [3.05, 3.63) is 10.1 Å². The number of nitrogens with two attached hydrogens (primary N) is 1. The second-order valence-corrected chi connectivity index (χ2v) is 1.02. The van der Waals surface area contributed by atoms with Crippen molar-refractivity contribution in [3.63, 3.8) is 0 Å². The summed E-state index contributed by atoms with van der Waals surface area (Å²) < 4.78 is 0. The fourth-order valence-electron chi connectivity index (χ4n) is 0.143. The predicted molar refractivity (Wildman–Crippen MR) is 27.1 cm³/mol. The number of hydrogen-bond donors (Lipinski definition) is 4. The van der Waals surface area contributed by atoms with Crippen LogP contribution >= 0.6 is 0 Å². The van der Waals surface area contributed by atoms with E-state index in [1.54, 1.807) is 10.9 Å². The van der Waals surface area contributed by atoms with Crippen molar-refractivity contribution in [1.29, 1.82) is 0 Å². The van der Waals surface area contributed by atoms with E-state index in [-0.39, 0.29) is 0 Å². The molecule has 0 aromatic rings. The lowest BCUT2D eigenvalue weighted by Crippen LogP contribution is -2.47. The molecule has 9 nitrogen and oxygen atoms in total. The van der Waals surface area contributed by atoms with E-state index in [0.29, 0.717) is 0 Å². The molecular formula is CH5N5O4. The molecule has 0 bridgehead atoms. The molecule has 0 saturated carbocycles. The molecule has 0 atom stereocenters. The number of nitrogens with zero attached hydrogens (tertiary/aromatic N) is 1. The highest BCUT2D eigenvalue weighted by atomic mass is 17.0. The molecule has 0 fully saturated rings. The van der Waals surface area contributed by atoms with E-state index in [4.69, 9.17) is 0 Å². The van der Waals surface area contributed by atoms with Gasteiger partial charge in [0, 0.05) is 0 Å². The molecular weight excluding hydrogens is 146 g/mol.